The van der Waals surface area contributed by atoms with Crippen LogP contribution < -0.4 is 16.0 Å². The van der Waals surface area contributed by atoms with Crippen LogP contribution >= 0.6 is 0 Å². The average Bonchev–Trinajstić information content (AvgIpc) is 2.97. The standard InChI is InChI=1S/C19H25N3O3/c1-13(17-12-15-6-2-3-9-16(15)25-17)22-19(24)21-11-5-10-20-18(23)14-7-4-8-14/h2-3,6,9,12-14H,4-5,7-8,10-11H2,1H3,(H,20,23)(H2,21,22,24)/t13-/m0/s1. The van der Waals surface area contributed by atoms with Crippen molar-refractivity contribution in [3.8, 4) is 0 Å². The Morgan fingerprint density at radius 1 is 1.20 bits per heavy atom. The van der Waals surface area contributed by atoms with Gasteiger partial charge >= 0.3 is 6.03 Å². The van der Waals surface area contributed by atoms with Crippen LogP contribution in [0.2, 0.25) is 0 Å². The number of carbonyl (C=O) groups excluding carboxylic acids is 2. The van der Waals surface area contributed by atoms with Gasteiger partial charge in [0.15, 0.2) is 0 Å². The first-order chi connectivity index (χ1) is 12.1. The molecule has 1 aliphatic carbocycles. The molecule has 6 heteroatoms. The van der Waals surface area contributed by atoms with E-state index in [-0.39, 0.29) is 23.9 Å². The summed E-state index contributed by atoms with van der Waals surface area (Å²) in [7, 11) is 0. The molecule has 1 heterocycles. The number of amides is 3. The van der Waals surface area contributed by atoms with Crippen molar-refractivity contribution in [2.75, 3.05) is 13.1 Å². The molecular weight excluding hydrogens is 318 g/mol. The molecule has 3 amide bonds. The molecule has 1 aliphatic rings. The summed E-state index contributed by atoms with van der Waals surface area (Å²) in [6.07, 6.45) is 3.88. The van der Waals surface area contributed by atoms with Gasteiger partial charge in [0.25, 0.3) is 0 Å². The second-order valence-electron chi connectivity index (χ2n) is 6.58. The lowest BCUT2D eigenvalue weighted by Crippen LogP contribution is -2.39. The zero-order chi connectivity index (χ0) is 17.6. The van der Waals surface area contributed by atoms with Gasteiger partial charge in [-0.2, -0.15) is 0 Å². The van der Waals surface area contributed by atoms with Crippen molar-refractivity contribution in [2.24, 2.45) is 5.92 Å². The molecule has 0 radical (unpaired) electrons. The van der Waals surface area contributed by atoms with E-state index in [9.17, 15) is 9.59 Å². The minimum Gasteiger partial charge on any atom is -0.459 e. The number of hydrogen-bond acceptors (Lipinski definition) is 3. The number of furan rings is 1. The van der Waals surface area contributed by atoms with Gasteiger partial charge in [-0.25, -0.2) is 4.79 Å². The monoisotopic (exact) mass is 343 g/mol. The first-order valence-corrected chi connectivity index (χ1v) is 8.94. The number of para-hydroxylation sites is 1. The third kappa shape index (κ3) is 4.53. The molecule has 1 saturated carbocycles. The fourth-order valence-corrected chi connectivity index (χ4v) is 2.85. The fraction of sp³-hybridized carbons (Fsp3) is 0.474. The fourth-order valence-electron chi connectivity index (χ4n) is 2.85. The molecule has 134 valence electrons. The number of rotatable bonds is 7. The average molecular weight is 343 g/mol. The Morgan fingerprint density at radius 3 is 2.68 bits per heavy atom. The summed E-state index contributed by atoms with van der Waals surface area (Å²) in [5, 5.41) is 9.60. The normalized spacial score (nSPS) is 15.4. The summed E-state index contributed by atoms with van der Waals surface area (Å²) in [6, 6.07) is 9.25. The van der Waals surface area contributed by atoms with Gasteiger partial charge in [-0.1, -0.05) is 24.6 Å². The molecule has 0 saturated heterocycles. The molecule has 0 unspecified atom stereocenters. The molecule has 3 rings (SSSR count). The highest BCUT2D eigenvalue weighted by molar-refractivity contribution is 5.79. The van der Waals surface area contributed by atoms with Gasteiger partial charge in [0, 0.05) is 24.4 Å². The second kappa shape index (κ2) is 8.05. The third-order valence-electron chi connectivity index (χ3n) is 4.63. The van der Waals surface area contributed by atoms with Crippen LogP contribution in [0, 0.1) is 5.92 Å². The predicted molar refractivity (Wildman–Crippen MR) is 96.1 cm³/mol. The molecular formula is C19H25N3O3. The van der Waals surface area contributed by atoms with E-state index in [1.54, 1.807) is 0 Å². The highest BCUT2D eigenvalue weighted by Crippen LogP contribution is 2.26. The maximum absolute atomic E-state index is 12.0. The number of nitrogens with one attached hydrogen (secondary N) is 3. The molecule has 25 heavy (non-hydrogen) atoms. The van der Waals surface area contributed by atoms with Crippen molar-refractivity contribution in [2.45, 2.75) is 38.6 Å². The van der Waals surface area contributed by atoms with Crippen LogP contribution in [0.1, 0.15) is 44.4 Å². The van der Waals surface area contributed by atoms with E-state index in [0.717, 1.165) is 36.0 Å². The van der Waals surface area contributed by atoms with Crippen molar-refractivity contribution >= 4 is 22.9 Å². The third-order valence-corrected chi connectivity index (χ3v) is 4.63. The Morgan fingerprint density at radius 2 is 1.96 bits per heavy atom. The molecule has 0 bridgehead atoms. The summed E-state index contributed by atoms with van der Waals surface area (Å²) in [5.74, 6) is 1.08. The summed E-state index contributed by atoms with van der Waals surface area (Å²) >= 11 is 0. The summed E-state index contributed by atoms with van der Waals surface area (Å²) in [6.45, 7) is 2.99. The van der Waals surface area contributed by atoms with Gasteiger partial charge in [0.05, 0.1) is 6.04 Å². The molecule has 0 aliphatic heterocycles. The largest absolute Gasteiger partial charge is 0.459 e. The van der Waals surface area contributed by atoms with Crippen LogP contribution in [0.25, 0.3) is 11.0 Å². The van der Waals surface area contributed by atoms with Gasteiger partial charge in [-0.3, -0.25) is 4.79 Å². The van der Waals surface area contributed by atoms with Crippen LogP contribution in [-0.2, 0) is 4.79 Å². The molecule has 3 N–H and O–H groups in total. The van der Waals surface area contributed by atoms with Gasteiger partial charge in [-0.15, -0.1) is 0 Å². The lowest BCUT2D eigenvalue weighted by molar-refractivity contribution is -0.127. The van der Waals surface area contributed by atoms with E-state index < -0.39 is 0 Å². The number of hydrogen-bond donors (Lipinski definition) is 3. The number of urea groups is 1. The van der Waals surface area contributed by atoms with Crippen molar-refractivity contribution in [3.63, 3.8) is 0 Å². The van der Waals surface area contributed by atoms with Crippen LogP contribution in [0.3, 0.4) is 0 Å². The van der Waals surface area contributed by atoms with Crippen molar-refractivity contribution in [1.29, 1.82) is 0 Å². The SMILES string of the molecule is C[C@H](NC(=O)NCCCNC(=O)C1CCC1)c1cc2ccccc2o1. The topological polar surface area (TPSA) is 83.4 Å². The minimum atomic E-state index is -0.238. The lowest BCUT2D eigenvalue weighted by Gasteiger charge is -2.24. The lowest BCUT2D eigenvalue weighted by atomic mass is 9.85. The van der Waals surface area contributed by atoms with Gasteiger partial charge in [0.2, 0.25) is 5.91 Å². The second-order valence-corrected chi connectivity index (χ2v) is 6.58. The molecule has 0 spiro atoms. The molecule has 1 aromatic carbocycles. The van der Waals surface area contributed by atoms with E-state index in [0.29, 0.717) is 19.5 Å². The first kappa shape index (κ1) is 17.3. The molecule has 1 fully saturated rings. The highest BCUT2D eigenvalue weighted by atomic mass is 16.3. The molecule has 6 nitrogen and oxygen atoms in total. The van der Waals surface area contributed by atoms with E-state index in [2.05, 4.69) is 16.0 Å². The molecule has 1 atom stereocenters. The van der Waals surface area contributed by atoms with E-state index in [4.69, 9.17) is 4.42 Å². The number of fused-ring (bicyclic) bond motifs is 1. The van der Waals surface area contributed by atoms with Crippen LogP contribution in [-0.4, -0.2) is 25.0 Å². The minimum absolute atomic E-state index is 0.147. The Kier molecular flexibility index (Phi) is 5.58. The zero-order valence-electron chi connectivity index (χ0n) is 14.5. The van der Waals surface area contributed by atoms with Gasteiger partial charge in [-0.05, 0) is 38.3 Å². The molecule has 1 aromatic heterocycles. The van der Waals surface area contributed by atoms with E-state index >= 15 is 0 Å². The summed E-state index contributed by atoms with van der Waals surface area (Å²) < 4.78 is 5.75. The van der Waals surface area contributed by atoms with E-state index in [1.807, 2.05) is 37.3 Å². The number of carbonyl (C=O) groups is 2. The van der Waals surface area contributed by atoms with Gasteiger partial charge in [0.1, 0.15) is 11.3 Å². The Bertz CT molecular complexity index is 703. The Hall–Kier alpha value is -2.50. The van der Waals surface area contributed by atoms with Crippen molar-refractivity contribution < 1.29 is 14.0 Å². The quantitative estimate of drug-likeness (QED) is 0.676. The maximum atomic E-state index is 12.0. The Balaban J connectivity index is 1.34. The molecule has 2 aromatic rings. The predicted octanol–water partition coefficient (Wildman–Crippen LogP) is 3.10. The van der Waals surface area contributed by atoms with Gasteiger partial charge < -0.3 is 20.4 Å². The number of benzene rings is 1. The highest BCUT2D eigenvalue weighted by Gasteiger charge is 2.24. The van der Waals surface area contributed by atoms with Crippen LogP contribution in [0.5, 0.6) is 0 Å². The Labute approximate surface area is 147 Å². The van der Waals surface area contributed by atoms with Crippen LogP contribution in [0.4, 0.5) is 4.79 Å². The maximum Gasteiger partial charge on any atom is 0.315 e. The smallest absolute Gasteiger partial charge is 0.315 e. The summed E-state index contributed by atoms with van der Waals surface area (Å²) in [5.41, 5.74) is 0.814. The first-order valence-electron chi connectivity index (χ1n) is 8.94. The van der Waals surface area contributed by atoms with E-state index in [1.165, 1.54) is 0 Å². The van der Waals surface area contributed by atoms with Crippen molar-refractivity contribution in [3.05, 3.63) is 36.1 Å². The zero-order valence-corrected chi connectivity index (χ0v) is 14.5. The summed E-state index contributed by atoms with van der Waals surface area (Å²) in [4.78, 5) is 23.6. The van der Waals surface area contributed by atoms with Crippen molar-refractivity contribution in [1.82, 2.24) is 16.0 Å². The van der Waals surface area contributed by atoms with Crippen LogP contribution in [0.15, 0.2) is 34.7 Å².